The molecule has 0 unspecified atom stereocenters. The Morgan fingerprint density at radius 2 is 1.42 bits per heavy atom. The minimum absolute atomic E-state index is 0.0972. The minimum Gasteiger partial charge on any atom is -0.381 e. The van der Waals surface area contributed by atoms with Crippen molar-refractivity contribution in [2.45, 2.75) is 13.5 Å². The molecule has 0 aromatic heterocycles. The summed E-state index contributed by atoms with van der Waals surface area (Å²) in [6.45, 7) is 2.78. The highest BCUT2D eigenvalue weighted by molar-refractivity contribution is 6.04. The molecule has 0 aliphatic carbocycles. The summed E-state index contributed by atoms with van der Waals surface area (Å²) >= 11 is 0. The summed E-state index contributed by atoms with van der Waals surface area (Å²) in [5, 5.41) is 6.28. The molecule has 0 atom stereocenters. The molecular weight excluding hydrogens is 296 g/mol. The lowest BCUT2D eigenvalue weighted by molar-refractivity contribution is 0.102. The van der Waals surface area contributed by atoms with Gasteiger partial charge in [-0.25, -0.2) is 0 Å². The molecule has 1 amide bonds. The van der Waals surface area contributed by atoms with Gasteiger partial charge >= 0.3 is 0 Å². The topological polar surface area (TPSA) is 41.1 Å². The third kappa shape index (κ3) is 4.23. The van der Waals surface area contributed by atoms with Crippen LogP contribution in [-0.2, 0) is 6.54 Å². The Labute approximate surface area is 142 Å². The molecule has 0 aliphatic heterocycles. The first-order chi connectivity index (χ1) is 11.7. The van der Waals surface area contributed by atoms with Gasteiger partial charge in [-0.1, -0.05) is 48.0 Å². The Bertz CT molecular complexity index is 794. The van der Waals surface area contributed by atoms with Crippen LogP contribution in [0.4, 0.5) is 11.4 Å². The highest BCUT2D eigenvalue weighted by Gasteiger charge is 2.05. The predicted octanol–water partition coefficient (Wildman–Crippen LogP) is 4.86. The number of aryl methyl sites for hydroxylation is 1. The third-order valence-electron chi connectivity index (χ3n) is 3.80. The van der Waals surface area contributed by atoms with E-state index in [9.17, 15) is 4.79 Å². The highest BCUT2D eigenvalue weighted by atomic mass is 16.1. The van der Waals surface area contributed by atoms with Gasteiger partial charge in [-0.3, -0.25) is 4.79 Å². The molecule has 0 radical (unpaired) electrons. The van der Waals surface area contributed by atoms with E-state index in [4.69, 9.17) is 0 Å². The lowest BCUT2D eigenvalue weighted by Crippen LogP contribution is -2.11. The van der Waals surface area contributed by atoms with Gasteiger partial charge in [0.05, 0.1) is 0 Å². The fraction of sp³-hybridized carbons (Fsp3) is 0.0952. The quantitative estimate of drug-likeness (QED) is 0.706. The second kappa shape index (κ2) is 7.47. The predicted molar refractivity (Wildman–Crippen MR) is 99.3 cm³/mol. The number of anilines is 2. The molecule has 2 N–H and O–H groups in total. The van der Waals surface area contributed by atoms with Gasteiger partial charge in [-0.15, -0.1) is 0 Å². The Morgan fingerprint density at radius 3 is 2.08 bits per heavy atom. The summed E-state index contributed by atoms with van der Waals surface area (Å²) in [7, 11) is 0. The van der Waals surface area contributed by atoms with E-state index >= 15 is 0 Å². The maximum absolute atomic E-state index is 12.2. The van der Waals surface area contributed by atoms with Crippen molar-refractivity contribution >= 4 is 17.3 Å². The van der Waals surface area contributed by atoms with Crippen LogP contribution in [0.1, 0.15) is 21.5 Å². The molecule has 3 aromatic carbocycles. The zero-order valence-electron chi connectivity index (χ0n) is 13.6. The van der Waals surface area contributed by atoms with Crippen molar-refractivity contribution in [3.63, 3.8) is 0 Å². The van der Waals surface area contributed by atoms with Crippen LogP contribution in [0.15, 0.2) is 78.9 Å². The molecule has 0 saturated carbocycles. The third-order valence-corrected chi connectivity index (χ3v) is 3.80. The first-order valence-electron chi connectivity index (χ1n) is 7.96. The maximum atomic E-state index is 12.2. The van der Waals surface area contributed by atoms with Crippen molar-refractivity contribution in [3.05, 3.63) is 95.6 Å². The molecule has 0 fully saturated rings. The van der Waals surface area contributed by atoms with Crippen LogP contribution in [0.5, 0.6) is 0 Å². The van der Waals surface area contributed by atoms with Crippen molar-refractivity contribution in [1.82, 2.24) is 0 Å². The Hall–Kier alpha value is -3.07. The average molecular weight is 316 g/mol. The Kier molecular flexibility index (Phi) is 4.92. The molecule has 24 heavy (non-hydrogen) atoms. The number of carbonyl (C=O) groups is 1. The van der Waals surface area contributed by atoms with Gasteiger partial charge in [0, 0.05) is 23.5 Å². The fourth-order valence-electron chi connectivity index (χ4n) is 2.38. The van der Waals surface area contributed by atoms with Crippen LogP contribution in [0.3, 0.4) is 0 Å². The second-order valence-electron chi connectivity index (χ2n) is 5.74. The SMILES string of the molecule is Cc1ccc(C(=O)Nc2ccc(NCc3ccccc3)cc2)cc1. The Morgan fingerprint density at radius 1 is 0.792 bits per heavy atom. The summed E-state index contributed by atoms with van der Waals surface area (Å²) in [4.78, 5) is 12.2. The molecule has 3 rings (SSSR count). The van der Waals surface area contributed by atoms with Crippen LogP contribution < -0.4 is 10.6 Å². The van der Waals surface area contributed by atoms with Gasteiger partial charge in [-0.2, -0.15) is 0 Å². The van der Waals surface area contributed by atoms with Crippen molar-refractivity contribution in [2.75, 3.05) is 10.6 Å². The van der Waals surface area contributed by atoms with E-state index < -0.39 is 0 Å². The summed E-state index contributed by atoms with van der Waals surface area (Å²) in [5.41, 5.74) is 4.83. The summed E-state index contributed by atoms with van der Waals surface area (Å²) in [6, 6.07) is 25.5. The van der Waals surface area contributed by atoms with E-state index in [1.54, 1.807) is 0 Å². The number of hydrogen-bond acceptors (Lipinski definition) is 2. The second-order valence-corrected chi connectivity index (χ2v) is 5.74. The largest absolute Gasteiger partial charge is 0.381 e. The zero-order valence-corrected chi connectivity index (χ0v) is 13.6. The lowest BCUT2D eigenvalue weighted by Gasteiger charge is -2.09. The van der Waals surface area contributed by atoms with E-state index in [2.05, 4.69) is 22.8 Å². The number of carbonyl (C=O) groups excluding carboxylic acids is 1. The molecule has 0 bridgehead atoms. The number of rotatable bonds is 5. The number of benzene rings is 3. The van der Waals surface area contributed by atoms with Gasteiger partial charge < -0.3 is 10.6 Å². The molecule has 0 heterocycles. The van der Waals surface area contributed by atoms with E-state index in [1.165, 1.54) is 5.56 Å². The van der Waals surface area contributed by atoms with Gasteiger partial charge in [0.15, 0.2) is 0 Å². The van der Waals surface area contributed by atoms with Crippen LogP contribution in [-0.4, -0.2) is 5.91 Å². The van der Waals surface area contributed by atoms with Crippen LogP contribution in [0.2, 0.25) is 0 Å². The van der Waals surface area contributed by atoms with Gasteiger partial charge in [0.2, 0.25) is 0 Å². The molecule has 3 aromatic rings. The van der Waals surface area contributed by atoms with E-state index in [1.807, 2.05) is 73.7 Å². The molecule has 0 aliphatic rings. The highest BCUT2D eigenvalue weighted by Crippen LogP contribution is 2.16. The average Bonchev–Trinajstić information content (AvgIpc) is 2.62. The Balaban J connectivity index is 1.58. The lowest BCUT2D eigenvalue weighted by atomic mass is 10.1. The smallest absolute Gasteiger partial charge is 0.255 e. The normalized spacial score (nSPS) is 10.2. The van der Waals surface area contributed by atoms with Crippen LogP contribution in [0, 0.1) is 6.92 Å². The zero-order chi connectivity index (χ0) is 16.8. The van der Waals surface area contributed by atoms with Gasteiger partial charge in [0.25, 0.3) is 5.91 Å². The van der Waals surface area contributed by atoms with Crippen molar-refractivity contribution in [3.8, 4) is 0 Å². The first-order valence-corrected chi connectivity index (χ1v) is 7.96. The van der Waals surface area contributed by atoms with Crippen LogP contribution >= 0.6 is 0 Å². The van der Waals surface area contributed by atoms with Crippen LogP contribution in [0.25, 0.3) is 0 Å². The van der Waals surface area contributed by atoms with Gasteiger partial charge in [-0.05, 0) is 48.9 Å². The maximum Gasteiger partial charge on any atom is 0.255 e. The van der Waals surface area contributed by atoms with E-state index in [0.29, 0.717) is 5.56 Å². The summed E-state index contributed by atoms with van der Waals surface area (Å²) in [5.74, 6) is -0.0972. The molecule has 120 valence electrons. The van der Waals surface area contributed by atoms with E-state index in [0.717, 1.165) is 23.5 Å². The minimum atomic E-state index is -0.0972. The number of amides is 1. The molecule has 0 saturated heterocycles. The number of hydrogen-bond donors (Lipinski definition) is 2. The summed E-state index contributed by atoms with van der Waals surface area (Å²) in [6.07, 6.45) is 0. The number of nitrogens with one attached hydrogen (secondary N) is 2. The molecule has 0 spiro atoms. The molecular formula is C21H20N2O. The standard InChI is InChI=1S/C21H20N2O/c1-16-7-9-18(10-8-16)21(24)23-20-13-11-19(12-14-20)22-15-17-5-3-2-4-6-17/h2-14,22H,15H2,1H3,(H,23,24). The van der Waals surface area contributed by atoms with Crippen molar-refractivity contribution in [2.24, 2.45) is 0 Å². The van der Waals surface area contributed by atoms with Crippen molar-refractivity contribution in [1.29, 1.82) is 0 Å². The first kappa shape index (κ1) is 15.8. The van der Waals surface area contributed by atoms with E-state index in [-0.39, 0.29) is 5.91 Å². The van der Waals surface area contributed by atoms with Gasteiger partial charge in [0.1, 0.15) is 0 Å². The summed E-state index contributed by atoms with van der Waals surface area (Å²) < 4.78 is 0. The monoisotopic (exact) mass is 316 g/mol. The van der Waals surface area contributed by atoms with Crippen molar-refractivity contribution < 1.29 is 4.79 Å². The molecule has 3 heteroatoms. The molecule has 3 nitrogen and oxygen atoms in total. The fourth-order valence-corrected chi connectivity index (χ4v) is 2.38.